The Labute approximate surface area is 164 Å². The summed E-state index contributed by atoms with van der Waals surface area (Å²) in [5.74, 6) is 0.212. The first-order chi connectivity index (χ1) is 13.9. The first-order valence-electron chi connectivity index (χ1n) is 8.74. The maximum absolute atomic E-state index is 13.1. The first-order valence-corrected chi connectivity index (χ1v) is 8.74. The number of hydrogen-bond donors (Lipinski definition) is 1. The Morgan fingerprint density at radius 1 is 1.10 bits per heavy atom. The van der Waals surface area contributed by atoms with Gasteiger partial charge in [0.25, 0.3) is 5.91 Å². The van der Waals surface area contributed by atoms with Crippen molar-refractivity contribution in [3.63, 3.8) is 0 Å². The van der Waals surface area contributed by atoms with Gasteiger partial charge in [-0.15, -0.1) is 0 Å². The van der Waals surface area contributed by atoms with E-state index in [1.54, 1.807) is 36.5 Å². The highest BCUT2D eigenvalue weighted by Gasteiger charge is 2.31. The van der Waals surface area contributed by atoms with Crippen molar-refractivity contribution in [2.75, 3.05) is 18.5 Å². The van der Waals surface area contributed by atoms with Gasteiger partial charge in [0, 0.05) is 12.4 Å². The predicted molar refractivity (Wildman–Crippen MR) is 100 cm³/mol. The molecule has 152 valence electrons. The molecule has 0 saturated carbocycles. The van der Waals surface area contributed by atoms with E-state index in [-0.39, 0.29) is 5.69 Å². The number of para-hydroxylation sites is 2. The summed E-state index contributed by atoms with van der Waals surface area (Å²) in [6, 6.07) is 11.5. The van der Waals surface area contributed by atoms with E-state index in [2.05, 4.69) is 10.4 Å². The fourth-order valence-electron chi connectivity index (χ4n) is 2.60. The summed E-state index contributed by atoms with van der Waals surface area (Å²) >= 11 is 0. The van der Waals surface area contributed by atoms with Gasteiger partial charge in [0.1, 0.15) is 0 Å². The molecular formula is C20H18F3N3O3. The molecule has 0 saturated heterocycles. The van der Waals surface area contributed by atoms with Crippen LogP contribution in [0.2, 0.25) is 0 Å². The molecule has 0 unspecified atom stereocenters. The van der Waals surface area contributed by atoms with E-state index in [4.69, 9.17) is 9.47 Å². The lowest BCUT2D eigenvalue weighted by atomic mass is 10.1. The fourth-order valence-corrected chi connectivity index (χ4v) is 2.60. The lowest BCUT2D eigenvalue weighted by molar-refractivity contribution is -0.137. The second kappa shape index (κ2) is 8.68. The summed E-state index contributed by atoms with van der Waals surface area (Å²) in [6.45, 7) is 1.83. The maximum Gasteiger partial charge on any atom is 0.416 e. The van der Waals surface area contributed by atoms with E-state index >= 15 is 0 Å². The second-order valence-electron chi connectivity index (χ2n) is 5.90. The molecule has 1 heterocycles. The number of nitrogens with one attached hydrogen (secondary N) is 1. The normalized spacial score (nSPS) is 11.2. The molecule has 0 aliphatic heterocycles. The summed E-state index contributed by atoms with van der Waals surface area (Å²) < 4.78 is 51.5. The third-order valence-corrected chi connectivity index (χ3v) is 3.86. The molecule has 0 atom stereocenters. The monoisotopic (exact) mass is 405 g/mol. The molecule has 0 fully saturated rings. The van der Waals surface area contributed by atoms with Gasteiger partial charge in [-0.25, -0.2) is 4.68 Å². The lowest BCUT2D eigenvalue weighted by Gasteiger charge is -2.15. The number of aromatic nitrogens is 2. The van der Waals surface area contributed by atoms with E-state index in [1.807, 2.05) is 6.92 Å². The molecule has 0 radical (unpaired) electrons. The smallest absolute Gasteiger partial charge is 0.416 e. The minimum atomic E-state index is -4.55. The van der Waals surface area contributed by atoms with Crippen molar-refractivity contribution in [3.8, 4) is 17.2 Å². The SMILES string of the molecule is CCOc1ccccc1OCC(=O)Nc1cc(C(F)(F)F)ccc1-n1cccn1. The minimum Gasteiger partial charge on any atom is -0.490 e. The van der Waals surface area contributed by atoms with Gasteiger partial charge in [-0.05, 0) is 43.3 Å². The fraction of sp³-hybridized carbons (Fsp3) is 0.200. The number of benzene rings is 2. The third kappa shape index (κ3) is 5.07. The Hall–Kier alpha value is -3.49. The molecule has 0 bridgehead atoms. The number of nitrogens with zero attached hydrogens (tertiary/aromatic N) is 2. The summed E-state index contributed by atoms with van der Waals surface area (Å²) in [7, 11) is 0. The van der Waals surface area contributed by atoms with Gasteiger partial charge < -0.3 is 14.8 Å². The number of alkyl halides is 3. The van der Waals surface area contributed by atoms with E-state index in [1.165, 1.54) is 16.9 Å². The third-order valence-electron chi connectivity index (χ3n) is 3.86. The van der Waals surface area contributed by atoms with Crippen LogP contribution in [0.15, 0.2) is 60.9 Å². The zero-order valence-corrected chi connectivity index (χ0v) is 15.4. The number of anilines is 1. The lowest BCUT2D eigenvalue weighted by Crippen LogP contribution is -2.22. The van der Waals surface area contributed by atoms with E-state index < -0.39 is 24.3 Å². The number of hydrogen-bond acceptors (Lipinski definition) is 4. The number of amides is 1. The van der Waals surface area contributed by atoms with Crippen LogP contribution in [0, 0.1) is 0 Å². The van der Waals surface area contributed by atoms with Crippen LogP contribution in [-0.2, 0) is 11.0 Å². The molecule has 2 aromatic carbocycles. The molecule has 0 aliphatic rings. The van der Waals surface area contributed by atoms with Gasteiger partial charge in [-0.1, -0.05) is 12.1 Å². The number of rotatable bonds is 7. The molecule has 0 aliphatic carbocycles. The first kappa shape index (κ1) is 20.2. The van der Waals surface area contributed by atoms with Gasteiger partial charge in [0.15, 0.2) is 18.1 Å². The summed E-state index contributed by atoms with van der Waals surface area (Å²) in [5.41, 5.74) is -0.618. The molecule has 1 N–H and O–H groups in total. The molecule has 1 aromatic heterocycles. The van der Waals surface area contributed by atoms with Crippen LogP contribution in [0.1, 0.15) is 12.5 Å². The predicted octanol–water partition coefficient (Wildman–Crippen LogP) is 4.31. The van der Waals surface area contributed by atoms with Gasteiger partial charge in [0.05, 0.1) is 23.5 Å². The van der Waals surface area contributed by atoms with Crippen molar-refractivity contribution in [1.82, 2.24) is 9.78 Å². The molecule has 1 amide bonds. The Kier molecular flexibility index (Phi) is 6.06. The maximum atomic E-state index is 13.1. The van der Waals surface area contributed by atoms with E-state index in [0.29, 0.717) is 23.8 Å². The van der Waals surface area contributed by atoms with Gasteiger partial charge in [-0.2, -0.15) is 18.3 Å². The van der Waals surface area contributed by atoms with Gasteiger partial charge in [0.2, 0.25) is 0 Å². The molecule has 3 aromatic rings. The quantitative estimate of drug-likeness (QED) is 0.636. The van der Waals surface area contributed by atoms with Crippen LogP contribution >= 0.6 is 0 Å². The topological polar surface area (TPSA) is 65.4 Å². The highest BCUT2D eigenvalue weighted by Crippen LogP contribution is 2.33. The number of carbonyl (C=O) groups excluding carboxylic acids is 1. The summed E-state index contributed by atoms with van der Waals surface area (Å²) in [5, 5.41) is 6.48. The van der Waals surface area contributed by atoms with Crippen LogP contribution < -0.4 is 14.8 Å². The Balaban J connectivity index is 1.79. The molecule has 0 spiro atoms. The van der Waals surface area contributed by atoms with Crippen LogP contribution in [0.4, 0.5) is 18.9 Å². The second-order valence-corrected chi connectivity index (χ2v) is 5.90. The Morgan fingerprint density at radius 3 is 2.45 bits per heavy atom. The van der Waals surface area contributed by atoms with Gasteiger partial charge >= 0.3 is 6.18 Å². The zero-order valence-electron chi connectivity index (χ0n) is 15.4. The molecule has 29 heavy (non-hydrogen) atoms. The molecule has 9 heteroatoms. The Morgan fingerprint density at radius 2 is 1.83 bits per heavy atom. The van der Waals surface area contributed by atoms with E-state index in [9.17, 15) is 18.0 Å². The highest BCUT2D eigenvalue weighted by molar-refractivity contribution is 5.94. The Bertz CT molecular complexity index is 973. The number of carbonyl (C=O) groups is 1. The number of halogens is 3. The molecular weight excluding hydrogens is 387 g/mol. The summed E-state index contributed by atoms with van der Waals surface area (Å²) in [6.07, 6.45) is -1.50. The zero-order chi connectivity index (χ0) is 20.9. The minimum absolute atomic E-state index is 0.0322. The standard InChI is InChI=1S/C20H18F3N3O3/c1-2-28-17-6-3-4-7-18(17)29-13-19(27)25-15-12-14(20(21,22)23)8-9-16(15)26-11-5-10-24-26/h3-12H,2,13H2,1H3,(H,25,27). The average molecular weight is 405 g/mol. The average Bonchev–Trinajstić information content (AvgIpc) is 3.21. The van der Waals surface area contributed by atoms with Crippen molar-refractivity contribution in [3.05, 3.63) is 66.5 Å². The summed E-state index contributed by atoms with van der Waals surface area (Å²) in [4.78, 5) is 12.3. The van der Waals surface area contributed by atoms with Crippen molar-refractivity contribution in [2.45, 2.75) is 13.1 Å². The van der Waals surface area contributed by atoms with Crippen molar-refractivity contribution in [1.29, 1.82) is 0 Å². The highest BCUT2D eigenvalue weighted by atomic mass is 19.4. The molecule has 3 rings (SSSR count). The largest absolute Gasteiger partial charge is 0.490 e. The van der Waals surface area contributed by atoms with Crippen molar-refractivity contribution in [2.24, 2.45) is 0 Å². The van der Waals surface area contributed by atoms with Crippen LogP contribution in [0.3, 0.4) is 0 Å². The van der Waals surface area contributed by atoms with Crippen molar-refractivity contribution >= 4 is 11.6 Å². The van der Waals surface area contributed by atoms with Crippen molar-refractivity contribution < 1.29 is 27.4 Å². The van der Waals surface area contributed by atoms with Crippen LogP contribution in [0.25, 0.3) is 5.69 Å². The van der Waals surface area contributed by atoms with E-state index in [0.717, 1.165) is 12.1 Å². The number of ether oxygens (including phenoxy) is 2. The van der Waals surface area contributed by atoms with Crippen LogP contribution in [-0.4, -0.2) is 28.9 Å². The van der Waals surface area contributed by atoms with Crippen LogP contribution in [0.5, 0.6) is 11.5 Å². The molecule has 6 nitrogen and oxygen atoms in total. The van der Waals surface area contributed by atoms with Gasteiger partial charge in [-0.3, -0.25) is 4.79 Å².